The van der Waals surface area contributed by atoms with Crippen molar-refractivity contribution in [1.82, 2.24) is 9.66 Å². The molecule has 136 valence electrons. The second-order valence-corrected chi connectivity index (χ2v) is 8.46. The second-order valence-electron chi connectivity index (χ2n) is 5.78. The largest absolute Gasteiger partial charge is 0.289 e. The van der Waals surface area contributed by atoms with Gasteiger partial charge in [-0.15, -0.1) is 0 Å². The average Bonchev–Trinajstić information content (AvgIpc) is 2.63. The topological polar surface area (TPSA) is 81.1 Å². The standard InChI is InChI=1S/C18H18ClN3O3S/c1-3-12-5-7-15-14(9-12)18(23)22(11-20-15)21-16-10-13(19)6-8-17(16)26(24,25)4-2/h5-11,21H,3-4H2,1-2H3. The molecule has 2 aromatic carbocycles. The maximum absolute atomic E-state index is 12.8. The molecule has 0 aliphatic carbocycles. The highest BCUT2D eigenvalue weighted by atomic mass is 35.5. The van der Waals surface area contributed by atoms with Gasteiger partial charge in [-0.2, -0.15) is 0 Å². The van der Waals surface area contributed by atoms with Gasteiger partial charge in [-0.25, -0.2) is 18.1 Å². The van der Waals surface area contributed by atoms with Gasteiger partial charge in [0.15, 0.2) is 9.84 Å². The summed E-state index contributed by atoms with van der Waals surface area (Å²) >= 11 is 6.01. The Morgan fingerprint density at radius 3 is 2.62 bits per heavy atom. The van der Waals surface area contributed by atoms with Crippen molar-refractivity contribution in [3.63, 3.8) is 0 Å². The Balaban J connectivity index is 2.14. The molecule has 0 saturated carbocycles. The molecule has 0 bridgehead atoms. The third-order valence-corrected chi connectivity index (χ3v) is 6.15. The molecule has 0 aliphatic rings. The molecule has 3 rings (SSSR count). The van der Waals surface area contributed by atoms with Crippen molar-refractivity contribution in [2.75, 3.05) is 11.2 Å². The lowest BCUT2D eigenvalue weighted by Crippen LogP contribution is -2.27. The molecule has 1 heterocycles. The van der Waals surface area contributed by atoms with Crippen LogP contribution in [0.4, 0.5) is 5.69 Å². The zero-order valence-electron chi connectivity index (χ0n) is 14.4. The summed E-state index contributed by atoms with van der Waals surface area (Å²) in [6.07, 6.45) is 2.13. The average molecular weight is 392 g/mol. The fourth-order valence-corrected chi connectivity index (χ4v) is 3.81. The smallest absolute Gasteiger partial charge is 0.280 e. The first-order valence-corrected chi connectivity index (χ1v) is 10.2. The van der Waals surface area contributed by atoms with Crippen LogP contribution in [-0.2, 0) is 16.3 Å². The summed E-state index contributed by atoms with van der Waals surface area (Å²) in [5, 5.41) is 0.818. The third-order valence-electron chi connectivity index (χ3n) is 4.13. The first-order valence-electron chi connectivity index (χ1n) is 8.15. The van der Waals surface area contributed by atoms with Crippen molar-refractivity contribution in [3.8, 4) is 0 Å². The quantitative estimate of drug-likeness (QED) is 0.721. The van der Waals surface area contributed by atoms with Crippen LogP contribution >= 0.6 is 11.6 Å². The Bertz CT molecular complexity index is 1140. The number of benzene rings is 2. The molecule has 0 amide bonds. The van der Waals surface area contributed by atoms with Crippen LogP contribution in [0.25, 0.3) is 10.9 Å². The molecule has 0 atom stereocenters. The number of hydrogen-bond acceptors (Lipinski definition) is 5. The van der Waals surface area contributed by atoms with Crippen LogP contribution in [0.2, 0.25) is 5.02 Å². The van der Waals surface area contributed by atoms with E-state index >= 15 is 0 Å². The molecule has 3 aromatic rings. The highest BCUT2D eigenvalue weighted by Gasteiger charge is 2.18. The number of aromatic nitrogens is 2. The van der Waals surface area contributed by atoms with E-state index in [9.17, 15) is 13.2 Å². The second kappa shape index (κ2) is 7.09. The van der Waals surface area contributed by atoms with Gasteiger partial charge in [0.2, 0.25) is 0 Å². The summed E-state index contributed by atoms with van der Waals surface area (Å²) in [6.45, 7) is 3.56. The van der Waals surface area contributed by atoms with E-state index < -0.39 is 9.84 Å². The number of fused-ring (bicyclic) bond motifs is 1. The summed E-state index contributed by atoms with van der Waals surface area (Å²) in [5.41, 5.74) is 4.35. The number of rotatable bonds is 5. The SMILES string of the molecule is CCc1ccc2ncn(Nc3cc(Cl)ccc3S(=O)(=O)CC)c(=O)c2c1. The van der Waals surface area contributed by atoms with E-state index in [0.29, 0.717) is 15.9 Å². The van der Waals surface area contributed by atoms with Crippen LogP contribution in [-0.4, -0.2) is 23.8 Å². The highest BCUT2D eigenvalue weighted by molar-refractivity contribution is 7.91. The predicted octanol–water partition coefficient (Wildman–Crippen LogP) is 3.28. The van der Waals surface area contributed by atoms with Gasteiger partial charge in [0, 0.05) is 5.02 Å². The number of nitrogens with zero attached hydrogens (tertiary/aromatic N) is 2. The van der Waals surface area contributed by atoms with Crippen LogP contribution in [0.5, 0.6) is 0 Å². The van der Waals surface area contributed by atoms with Gasteiger partial charge < -0.3 is 0 Å². The van der Waals surface area contributed by atoms with E-state index in [-0.39, 0.29) is 21.9 Å². The molecule has 6 nitrogen and oxygen atoms in total. The van der Waals surface area contributed by atoms with E-state index in [0.717, 1.165) is 12.0 Å². The van der Waals surface area contributed by atoms with Crippen molar-refractivity contribution in [3.05, 3.63) is 63.7 Å². The van der Waals surface area contributed by atoms with Gasteiger partial charge in [-0.05, 0) is 42.3 Å². The fourth-order valence-electron chi connectivity index (χ4n) is 2.61. The predicted molar refractivity (Wildman–Crippen MR) is 104 cm³/mol. The fraction of sp³-hybridized carbons (Fsp3) is 0.222. The highest BCUT2D eigenvalue weighted by Crippen LogP contribution is 2.26. The Kier molecular flexibility index (Phi) is 5.02. The van der Waals surface area contributed by atoms with E-state index in [1.54, 1.807) is 19.1 Å². The van der Waals surface area contributed by atoms with Gasteiger partial charge in [0.25, 0.3) is 5.56 Å². The lowest BCUT2D eigenvalue weighted by Gasteiger charge is -2.14. The van der Waals surface area contributed by atoms with Crippen molar-refractivity contribution in [1.29, 1.82) is 0 Å². The first-order chi connectivity index (χ1) is 12.4. The van der Waals surface area contributed by atoms with Crippen molar-refractivity contribution < 1.29 is 8.42 Å². The summed E-state index contributed by atoms with van der Waals surface area (Å²) in [5.74, 6) is -0.0615. The zero-order valence-corrected chi connectivity index (χ0v) is 15.9. The number of hydrogen-bond donors (Lipinski definition) is 1. The minimum Gasteiger partial charge on any atom is -0.289 e. The molecule has 0 unspecified atom stereocenters. The zero-order chi connectivity index (χ0) is 18.9. The normalized spacial score (nSPS) is 11.7. The minimum atomic E-state index is -3.49. The lowest BCUT2D eigenvalue weighted by molar-refractivity contribution is 0.597. The summed E-state index contributed by atoms with van der Waals surface area (Å²) in [7, 11) is -3.49. The van der Waals surface area contributed by atoms with Gasteiger partial charge in [0.05, 0.1) is 27.2 Å². The van der Waals surface area contributed by atoms with Gasteiger partial charge >= 0.3 is 0 Å². The molecule has 0 spiro atoms. The number of anilines is 1. The summed E-state index contributed by atoms with van der Waals surface area (Å²) in [6, 6.07) is 9.93. The van der Waals surface area contributed by atoms with Gasteiger partial charge in [-0.3, -0.25) is 10.2 Å². The number of halogens is 1. The molecule has 8 heteroatoms. The Hall–Kier alpha value is -2.38. The molecule has 0 radical (unpaired) electrons. The lowest BCUT2D eigenvalue weighted by atomic mass is 10.1. The van der Waals surface area contributed by atoms with Crippen molar-refractivity contribution in [2.45, 2.75) is 25.2 Å². The summed E-state index contributed by atoms with van der Waals surface area (Å²) in [4.78, 5) is 17.1. The number of sulfone groups is 1. The van der Waals surface area contributed by atoms with E-state index in [4.69, 9.17) is 11.6 Å². The Morgan fingerprint density at radius 2 is 1.92 bits per heavy atom. The van der Waals surface area contributed by atoms with Crippen molar-refractivity contribution in [2.24, 2.45) is 0 Å². The Labute approximate surface area is 156 Å². The van der Waals surface area contributed by atoms with Gasteiger partial charge in [0.1, 0.15) is 6.33 Å². The van der Waals surface area contributed by atoms with Crippen LogP contribution < -0.4 is 11.0 Å². The molecule has 0 fully saturated rings. The maximum Gasteiger partial charge on any atom is 0.280 e. The first kappa shape index (κ1) is 18.4. The van der Waals surface area contributed by atoms with Crippen molar-refractivity contribution >= 4 is 38.0 Å². The molecule has 1 N–H and O–H groups in total. The third kappa shape index (κ3) is 3.45. The van der Waals surface area contributed by atoms with Crippen LogP contribution in [0, 0.1) is 0 Å². The van der Waals surface area contributed by atoms with E-state index in [1.165, 1.54) is 29.2 Å². The van der Waals surface area contributed by atoms with Gasteiger partial charge in [-0.1, -0.05) is 31.5 Å². The molecule has 0 aliphatic heterocycles. The molecule has 1 aromatic heterocycles. The molecule has 26 heavy (non-hydrogen) atoms. The minimum absolute atomic E-state index is 0.0615. The van der Waals surface area contributed by atoms with Crippen LogP contribution in [0.15, 0.2) is 52.4 Å². The number of nitrogens with one attached hydrogen (secondary N) is 1. The number of aryl methyl sites for hydroxylation is 1. The Morgan fingerprint density at radius 1 is 1.15 bits per heavy atom. The maximum atomic E-state index is 12.8. The molecular weight excluding hydrogens is 374 g/mol. The molecular formula is C18H18ClN3O3S. The summed E-state index contributed by atoms with van der Waals surface area (Å²) < 4.78 is 25.8. The van der Waals surface area contributed by atoms with Crippen LogP contribution in [0.1, 0.15) is 19.4 Å². The van der Waals surface area contributed by atoms with E-state index in [2.05, 4.69) is 10.4 Å². The van der Waals surface area contributed by atoms with Crippen LogP contribution in [0.3, 0.4) is 0 Å². The monoisotopic (exact) mass is 391 g/mol. The molecule has 0 saturated heterocycles. The van der Waals surface area contributed by atoms with E-state index in [1.807, 2.05) is 13.0 Å².